The first kappa shape index (κ1) is 77.2. The van der Waals surface area contributed by atoms with Crippen LogP contribution in [0.25, 0.3) is 0 Å². The molecule has 5 atom stereocenters. The summed E-state index contributed by atoms with van der Waals surface area (Å²) in [5, 5.41) is 136. The number of hydrogen-bond donors (Lipinski definition) is 20. The Kier molecular flexibility index (Phi) is 33.8. The Hall–Kier alpha value is -1.02. The minimum atomic E-state index is -2.60. The van der Waals surface area contributed by atoms with E-state index in [1.165, 1.54) is 0 Å². The van der Waals surface area contributed by atoms with E-state index in [9.17, 15) is 99.6 Å². The fraction of sp³-hybridized carbons (Fsp3) is 0.400. The van der Waals surface area contributed by atoms with E-state index in [1.54, 1.807) is 203 Å². The first-order valence-corrected chi connectivity index (χ1v) is 33.1. The fourth-order valence-electron chi connectivity index (χ4n) is 6.62. The van der Waals surface area contributed by atoms with Crippen LogP contribution in [0.4, 0.5) is 17.1 Å². The second-order valence-electron chi connectivity index (χ2n) is 16.9. The largest absolute Gasteiger partial charge is 0.394 e. The second kappa shape index (κ2) is 36.7. The van der Waals surface area contributed by atoms with Gasteiger partial charge in [-0.05, 0) is 203 Å². The molecule has 0 aliphatic carbocycles. The predicted molar refractivity (Wildman–Crippen MR) is 371 cm³/mol. The molecule has 0 fully saturated rings. The lowest BCUT2D eigenvalue weighted by atomic mass is 10.1. The molecule has 3 aromatic rings. The number of rotatable bonds is 29. The summed E-state index contributed by atoms with van der Waals surface area (Å²) in [4.78, 5) is 125. The molecule has 0 heterocycles. The van der Waals surface area contributed by atoms with Gasteiger partial charge >= 0.3 is 0 Å². The van der Waals surface area contributed by atoms with Crippen LogP contribution in [-0.4, -0.2) is 235 Å². The molecule has 464 valence electrons. The van der Waals surface area contributed by atoms with E-state index in [1.807, 2.05) is 0 Å². The fourth-order valence-corrected chi connectivity index (χ4v) is 19.8. The molecule has 0 saturated carbocycles. The molecule has 30 nitrogen and oxygen atoms in total. The summed E-state index contributed by atoms with van der Waals surface area (Å²) >= 11 is 15.2. The summed E-state index contributed by atoms with van der Waals surface area (Å²) < 4.78 is -0.0915. The number of aliphatic hydroxyl groups excluding tert-OH is 11. The summed E-state index contributed by atoms with van der Waals surface area (Å²) in [6, 6.07) is 0. The lowest BCUT2D eigenvalue weighted by Crippen LogP contribution is -2.44. The molecule has 3 aromatic carbocycles. The van der Waals surface area contributed by atoms with E-state index in [0.717, 1.165) is 4.90 Å². The zero-order valence-corrected chi connectivity index (χ0v) is 61.8. The maximum absolute atomic E-state index is 15.2. The minimum Gasteiger partial charge on any atom is -0.394 e. The lowest BCUT2D eigenvalue weighted by Gasteiger charge is -2.27. The number of benzene rings is 3. The molecule has 0 radical (unpaired) electrons. The van der Waals surface area contributed by atoms with Crippen LogP contribution in [0, 0.1) is 32.1 Å². The number of carbonyl (C=O) groups excluding carboxylic acids is 9. The van der Waals surface area contributed by atoms with Gasteiger partial charge in [0.1, 0.15) is 0 Å². The molecule has 0 aliphatic rings. The number of anilines is 3. The standard InChI is InChI=1S/C45H50I9N9O21/c46-24-18(27(49)33(60-36(74)16(72)11-67)29(51)20(24)40(78)57-5-13(69)8-64)38(76)55-1-3-63(44(82)23-26(48)22(42(80)59-7-15(71)10-66)31(53)35(32(23)54)62-43(81)45(83)84)4-2-56-39(77)19-25(47)21(41(79)58-6-14(70)9-65)30(52)34(28(19)50)61-37(75)17(73)12-68/h13-17,45,64-73,83-84H,1-12H2,(H,55,76)(H,56,77)(H,57,78)(H,58,79)(H,59,80)(H,60,74)(H,61,75)(H,62,81). The topological polar surface area (TPSA) is 496 Å². The normalized spacial score (nSPS) is 13.0. The van der Waals surface area contributed by atoms with Gasteiger partial charge in [0, 0.05) is 56.5 Å². The molecular formula is C45H50I9N9O21. The molecule has 9 amide bonds. The van der Waals surface area contributed by atoms with E-state index < -0.39 is 169 Å². The third kappa shape index (κ3) is 20.2. The highest BCUT2D eigenvalue weighted by Crippen LogP contribution is 2.39. The van der Waals surface area contributed by atoms with Gasteiger partial charge < -0.3 is 109 Å². The predicted octanol–water partition coefficient (Wildman–Crippen LogP) is -2.49. The number of carbonyl (C=O) groups is 9. The Morgan fingerprint density at radius 1 is 0.345 bits per heavy atom. The highest BCUT2D eigenvalue weighted by Gasteiger charge is 2.35. The zero-order valence-electron chi connectivity index (χ0n) is 42.3. The summed E-state index contributed by atoms with van der Waals surface area (Å²) in [6.45, 7) is -7.54. The molecule has 0 saturated heterocycles. The van der Waals surface area contributed by atoms with Crippen molar-refractivity contribution < 1.29 is 104 Å². The number of aliphatic hydroxyl groups is 12. The number of halogens is 9. The van der Waals surface area contributed by atoms with Gasteiger partial charge in [0.05, 0.1) is 123 Å². The van der Waals surface area contributed by atoms with Crippen LogP contribution < -0.4 is 42.5 Å². The van der Waals surface area contributed by atoms with Crippen LogP contribution in [0.5, 0.6) is 0 Å². The third-order valence-electron chi connectivity index (χ3n) is 11.0. The van der Waals surface area contributed by atoms with E-state index in [4.69, 9.17) is 0 Å². The average Bonchev–Trinajstić information content (AvgIpc) is 1.39. The van der Waals surface area contributed by atoms with Crippen LogP contribution >= 0.6 is 203 Å². The molecule has 0 spiro atoms. The highest BCUT2D eigenvalue weighted by molar-refractivity contribution is 14.1. The van der Waals surface area contributed by atoms with Gasteiger partial charge in [0.25, 0.3) is 53.2 Å². The van der Waals surface area contributed by atoms with E-state index in [2.05, 4.69) is 42.5 Å². The van der Waals surface area contributed by atoms with Crippen LogP contribution in [0.3, 0.4) is 0 Å². The third-order valence-corrected chi connectivity index (χ3v) is 20.7. The summed E-state index contributed by atoms with van der Waals surface area (Å²) in [5.41, 5.74) is -2.06. The number of nitrogens with zero attached hydrogens (tertiary/aromatic N) is 1. The quantitative estimate of drug-likeness (QED) is 0.0253. The molecule has 39 heteroatoms. The van der Waals surface area contributed by atoms with Crippen molar-refractivity contribution in [2.75, 3.05) is 94.8 Å². The van der Waals surface area contributed by atoms with Crippen LogP contribution in [-0.2, 0) is 14.4 Å². The lowest BCUT2D eigenvalue weighted by molar-refractivity contribution is -0.141. The average molecular weight is 2200 g/mol. The van der Waals surface area contributed by atoms with Crippen LogP contribution in [0.15, 0.2) is 0 Å². The van der Waals surface area contributed by atoms with Gasteiger partial charge in [-0.2, -0.15) is 0 Å². The molecule has 20 N–H and O–H groups in total. The Labute approximate surface area is 598 Å². The van der Waals surface area contributed by atoms with Gasteiger partial charge in [0.2, 0.25) is 6.29 Å². The molecule has 84 heavy (non-hydrogen) atoms. The Balaban J connectivity index is 2.30. The van der Waals surface area contributed by atoms with Gasteiger partial charge in [0.15, 0.2) is 12.2 Å². The van der Waals surface area contributed by atoms with E-state index >= 15 is 4.79 Å². The SMILES string of the molecule is O=C(NCCN(CCNC(=O)c1c(I)c(NC(=O)C(O)CO)c(I)c(C(=O)NCC(O)CO)c1I)C(=O)c1c(I)c(NC(=O)C(O)O)c(I)c(C(=O)NCC(O)CO)c1I)c1c(I)c(NC(=O)C(O)CO)c(I)c(C(=O)NCC(O)CO)c1I. The second-order valence-corrected chi connectivity index (χ2v) is 26.6. The van der Waals surface area contributed by atoms with Crippen molar-refractivity contribution in [3.8, 4) is 0 Å². The maximum Gasteiger partial charge on any atom is 0.281 e. The van der Waals surface area contributed by atoms with Crippen molar-refractivity contribution >= 4 is 274 Å². The summed E-state index contributed by atoms with van der Waals surface area (Å²) in [7, 11) is 0. The summed E-state index contributed by atoms with van der Waals surface area (Å²) in [5.74, 6) is -9.15. The monoisotopic (exact) mass is 2190 g/mol. The van der Waals surface area contributed by atoms with Gasteiger partial charge in [-0.15, -0.1) is 0 Å². The Morgan fingerprint density at radius 3 is 0.857 bits per heavy atom. The molecular weight excluding hydrogens is 2140 g/mol. The Bertz CT molecular complexity index is 2890. The van der Waals surface area contributed by atoms with Crippen LogP contribution in [0.1, 0.15) is 62.1 Å². The molecule has 0 aromatic heterocycles. The van der Waals surface area contributed by atoms with Crippen molar-refractivity contribution in [1.82, 2.24) is 31.5 Å². The number of hydrogen-bond acceptors (Lipinski definition) is 21. The van der Waals surface area contributed by atoms with Gasteiger partial charge in [-0.1, -0.05) is 0 Å². The van der Waals surface area contributed by atoms with Crippen molar-refractivity contribution in [1.29, 1.82) is 0 Å². The summed E-state index contributed by atoms with van der Waals surface area (Å²) in [6.07, 6.45) is -10.7. The molecule has 0 bridgehead atoms. The van der Waals surface area contributed by atoms with Crippen molar-refractivity contribution in [2.24, 2.45) is 0 Å². The molecule has 3 rings (SSSR count). The van der Waals surface area contributed by atoms with E-state index in [0.29, 0.717) is 0 Å². The van der Waals surface area contributed by atoms with Crippen molar-refractivity contribution in [2.45, 2.75) is 36.8 Å². The first-order valence-electron chi connectivity index (χ1n) is 23.4. The van der Waals surface area contributed by atoms with Crippen molar-refractivity contribution in [3.05, 3.63) is 65.5 Å². The molecule has 5 unspecified atom stereocenters. The highest BCUT2D eigenvalue weighted by atomic mass is 127. The number of amides is 9. The first-order chi connectivity index (χ1) is 39.4. The Morgan fingerprint density at radius 2 is 0.595 bits per heavy atom. The molecule has 0 aliphatic heterocycles. The number of nitrogens with one attached hydrogen (secondary N) is 8. The smallest absolute Gasteiger partial charge is 0.281 e. The van der Waals surface area contributed by atoms with Gasteiger partial charge in [-0.3, -0.25) is 43.2 Å². The van der Waals surface area contributed by atoms with Crippen LogP contribution in [0.2, 0.25) is 0 Å². The van der Waals surface area contributed by atoms with Crippen molar-refractivity contribution in [3.63, 3.8) is 0 Å². The van der Waals surface area contributed by atoms with Gasteiger partial charge in [-0.25, -0.2) is 0 Å². The minimum absolute atomic E-state index is 0.00956. The zero-order chi connectivity index (χ0) is 63.8. The van der Waals surface area contributed by atoms with E-state index in [-0.39, 0.29) is 82.6 Å². The maximum atomic E-state index is 15.2.